The number of fused-ring (bicyclic) bond motifs is 1. The zero-order valence-corrected chi connectivity index (χ0v) is 12.2. The molecule has 1 N–H and O–H groups in total. The molecule has 1 fully saturated rings. The zero-order chi connectivity index (χ0) is 13.5. The fraction of sp³-hybridized carbons (Fsp3) is 0.500. The molecule has 1 aromatic heterocycles. The van der Waals surface area contributed by atoms with Crippen molar-refractivity contribution < 1.29 is 4.48 Å². The normalized spacial score (nSPS) is 26.7. The predicted octanol–water partition coefficient (Wildman–Crippen LogP) is 2.38. The largest absolute Gasteiger partial charge is 0.304 e. The molecule has 1 unspecified atom stereocenters. The van der Waals surface area contributed by atoms with Crippen LogP contribution in [0.25, 0.3) is 10.9 Å². The average Bonchev–Trinajstić information content (AvgIpc) is 2.83. The highest BCUT2D eigenvalue weighted by molar-refractivity contribution is 5.80. The maximum Gasteiger partial charge on any atom is 0.190 e. The molecule has 2 aromatic rings. The third-order valence-corrected chi connectivity index (χ3v) is 5.00. The van der Waals surface area contributed by atoms with E-state index in [4.69, 9.17) is 0 Å². The Balaban J connectivity index is 2.21. The fourth-order valence-corrected chi connectivity index (χ4v) is 3.62. The number of hydrogen-bond donors (Lipinski definition) is 1. The highest BCUT2D eigenvalue weighted by Gasteiger charge is 2.47. The molecule has 1 aliphatic heterocycles. The molecule has 0 amide bonds. The standard InChI is InChI=1S/C16H24N3/c1-4-16(13-17-10-12-19(16,2)3)18-11-9-14-7-5-6-8-15(14)18/h5-9,11,17H,4,10,12-13H2,1-3H3/q+1. The molecule has 0 spiro atoms. The Morgan fingerprint density at radius 2 is 2.05 bits per heavy atom. The van der Waals surface area contributed by atoms with Crippen LogP contribution in [0.15, 0.2) is 36.5 Å². The summed E-state index contributed by atoms with van der Waals surface area (Å²) in [6.45, 7) is 5.62. The van der Waals surface area contributed by atoms with Crippen LogP contribution in [0.5, 0.6) is 0 Å². The van der Waals surface area contributed by atoms with Gasteiger partial charge in [0.2, 0.25) is 0 Å². The Kier molecular flexibility index (Phi) is 2.91. The van der Waals surface area contributed by atoms with Crippen molar-refractivity contribution in [2.75, 3.05) is 33.7 Å². The van der Waals surface area contributed by atoms with E-state index in [1.165, 1.54) is 17.4 Å². The van der Waals surface area contributed by atoms with E-state index in [0.29, 0.717) is 0 Å². The van der Waals surface area contributed by atoms with Gasteiger partial charge in [0.15, 0.2) is 5.66 Å². The number of nitrogens with zero attached hydrogens (tertiary/aromatic N) is 2. The molecular weight excluding hydrogens is 234 g/mol. The summed E-state index contributed by atoms with van der Waals surface area (Å²) in [5.41, 5.74) is 1.46. The molecule has 1 atom stereocenters. The van der Waals surface area contributed by atoms with Crippen LogP contribution in [-0.2, 0) is 5.66 Å². The molecule has 102 valence electrons. The van der Waals surface area contributed by atoms with Gasteiger partial charge in [-0.2, -0.15) is 0 Å². The van der Waals surface area contributed by atoms with Crippen molar-refractivity contribution in [2.45, 2.75) is 19.0 Å². The lowest BCUT2D eigenvalue weighted by atomic mass is 9.99. The van der Waals surface area contributed by atoms with Crippen molar-refractivity contribution in [1.82, 2.24) is 9.88 Å². The van der Waals surface area contributed by atoms with Crippen molar-refractivity contribution in [3.8, 4) is 0 Å². The van der Waals surface area contributed by atoms with Gasteiger partial charge in [-0.05, 0) is 17.5 Å². The van der Waals surface area contributed by atoms with E-state index >= 15 is 0 Å². The summed E-state index contributed by atoms with van der Waals surface area (Å²) in [6.07, 6.45) is 3.40. The molecule has 1 aliphatic rings. The average molecular weight is 258 g/mol. The van der Waals surface area contributed by atoms with E-state index in [2.05, 4.69) is 67.4 Å². The second kappa shape index (κ2) is 4.36. The third-order valence-electron chi connectivity index (χ3n) is 5.00. The van der Waals surface area contributed by atoms with Gasteiger partial charge in [-0.3, -0.25) is 4.57 Å². The number of likely N-dealkylation sites (N-methyl/N-ethyl adjacent to an activating group) is 1. The number of piperazine rings is 1. The van der Waals surface area contributed by atoms with Crippen LogP contribution in [-0.4, -0.2) is 42.8 Å². The van der Waals surface area contributed by atoms with E-state index in [-0.39, 0.29) is 5.66 Å². The molecule has 3 rings (SSSR count). The summed E-state index contributed by atoms with van der Waals surface area (Å²) < 4.78 is 3.53. The van der Waals surface area contributed by atoms with Crippen LogP contribution in [0.4, 0.5) is 0 Å². The van der Waals surface area contributed by atoms with Gasteiger partial charge in [-0.1, -0.05) is 25.1 Å². The van der Waals surface area contributed by atoms with Crippen LogP contribution in [0, 0.1) is 0 Å². The van der Waals surface area contributed by atoms with E-state index in [0.717, 1.165) is 24.0 Å². The van der Waals surface area contributed by atoms with Crippen molar-refractivity contribution in [3.63, 3.8) is 0 Å². The Labute approximate surface area is 115 Å². The highest BCUT2D eigenvalue weighted by Crippen LogP contribution is 2.35. The first kappa shape index (κ1) is 12.7. The zero-order valence-electron chi connectivity index (χ0n) is 12.2. The van der Waals surface area contributed by atoms with Crippen LogP contribution in [0.2, 0.25) is 0 Å². The number of nitrogens with one attached hydrogen (secondary N) is 1. The van der Waals surface area contributed by atoms with Crippen LogP contribution in [0.1, 0.15) is 13.3 Å². The molecule has 3 heteroatoms. The number of quaternary nitrogens is 1. The molecule has 1 saturated heterocycles. The second-order valence-corrected chi connectivity index (χ2v) is 6.17. The minimum atomic E-state index is 0.112. The maximum atomic E-state index is 3.60. The van der Waals surface area contributed by atoms with Crippen molar-refractivity contribution >= 4 is 10.9 Å². The van der Waals surface area contributed by atoms with Gasteiger partial charge in [0.1, 0.15) is 0 Å². The lowest BCUT2D eigenvalue weighted by Crippen LogP contribution is -2.69. The topological polar surface area (TPSA) is 17.0 Å². The van der Waals surface area contributed by atoms with E-state index in [9.17, 15) is 0 Å². The quantitative estimate of drug-likeness (QED) is 0.818. The molecule has 0 saturated carbocycles. The van der Waals surface area contributed by atoms with E-state index < -0.39 is 0 Å². The van der Waals surface area contributed by atoms with E-state index in [1.54, 1.807) is 0 Å². The number of para-hydroxylation sites is 1. The van der Waals surface area contributed by atoms with Crippen LogP contribution >= 0.6 is 0 Å². The summed E-state index contributed by atoms with van der Waals surface area (Å²) >= 11 is 0. The number of rotatable bonds is 2. The SMILES string of the molecule is CCC1(n2ccc3ccccc32)CNCC[N+]1(C)C. The van der Waals surface area contributed by atoms with Gasteiger partial charge in [0, 0.05) is 19.2 Å². The van der Waals surface area contributed by atoms with Gasteiger partial charge in [-0.25, -0.2) is 0 Å². The molecule has 0 radical (unpaired) electrons. The minimum absolute atomic E-state index is 0.112. The second-order valence-electron chi connectivity index (χ2n) is 6.17. The molecular formula is C16H24N3+. The first-order valence-electron chi connectivity index (χ1n) is 7.21. The monoisotopic (exact) mass is 258 g/mol. The molecule has 2 heterocycles. The smallest absolute Gasteiger partial charge is 0.190 e. The van der Waals surface area contributed by atoms with Crippen molar-refractivity contribution in [1.29, 1.82) is 0 Å². The lowest BCUT2D eigenvalue weighted by molar-refractivity contribution is -0.963. The lowest BCUT2D eigenvalue weighted by Gasteiger charge is -2.52. The first-order chi connectivity index (χ1) is 9.11. The first-order valence-corrected chi connectivity index (χ1v) is 7.21. The molecule has 3 nitrogen and oxygen atoms in total. The van der Waals surface area contributed by atoms with Gasteiger partial charge in [0.25, 0.3) is 0 Å². The summed E-state index contributed by atoms with van der Waals surface area (Å²) in [7, 11) is 4.72. The van der Waals surface area contributed by atoms with Crippen LogP contribution in [0.3, 0.4) is 0 Å². The molecule has 0 aliphatic carbocycles. The number of hydrogen-bond acceptors (Lipinski definition) is 1. The number of benzene rings is 1. The summed E-state index contributed by atoms with van der Waals surface area (Å²) in [4.78, 5) is 0. The van der Waals surface area contributed by atoms with Gasteiger partial charge in [0.05, 0.1) is 32.7 Å². The van der Waals surface area contributed by atoms with Crippen molar-refractivity contribution in [3.05, 3.63) is 36.5 Å². The third kappa shape index (κ3) is 1.72. The Bertz CT molecular complexity index is 584. The Morgan fingerprint density at radius 3 is 2.79 bits per heavy atom. The fourth-order valence-electron chi connectivity index (χ4n) is 3.62. The van der Waals surface area contributed by atoms with Crippen LogP contribution < -0.4 is 5.32 Å². The number of aromatic nitrogens is 1. The summed E-state index contributed by atoms with van der Waals surface area (Å²) in [6, 6.07) is 10.9. The Hall–Kier alpha value is -1.32. The van der Waals surface area contributed by atoms with E-state index in [1.807, 2.05) is 0 Å². The van der Waals surface area contributed by atoms with Gasteiger partial charge in [-0.15, -0.1) is 0 Å². The molecule has 1 aromatic carbocycles. The molecule has 19 heavy (non-hydrogen) atoms. The predicted molar refractivity (Wildman–Crippen MR) is 80.0 cm³/mol. The minimum Gasteiger partial charge on any atom is -0.304 e. The Morgan fingerprint density at radius 1 is 1.26 bits per heavy atom. The summed E-state index contributed by atoms with van der Waals surface area (Å²) in [5, 5.41) is 4.93. The van der Waals surface area contributed by atoms with Gasteiger partial charge < -0.3 is 9.80 Å². The maximum absolute atomic E-state index is 3.60. The van der Waals surface area contributed by atoms with Gasteiger partial charge >= 0.3 is 0 Å². The highest BCUT2D eigenvalue weighted by atomic mass is 15.5. The molecule has 0 bridgehead atoms. The summed E-state index contributed by atoms with van der Waals surface area (Å²) in [5.74, 6) is 0. The van der Waals surface area contributed by atoms with Crippen molar-refractivity contribution in [2.24, 2.45) is 0 Å².